The Labute approximate surface area is 85.1 Å². The van der Waals surface area contributed by atoms with Gasteiger partial charge in [-0.05, 0) is 30.1 Å². The SMILES string of the molecule is O=CC1(Cc2csnn2)CCCS1. The zero-order valence-electron chi connectivity index (χ0n) is 7.10. The number of aldehydes is 1. The van der Waals surface area contributed by atoms with Gasteiger partial charge < -0.3 is 4.79 Å². The lowest BCUT2D eigenvalue weighted by Gasteiger charge is -2.18. The van der Waals surface area contributed by atoms with E-state index in [0.29, 0.717) is 0 Å². The smallest absolute Gasteiger partial charge is 0.136 e. The molecule has 13 heavy (non-hydrogen) atoms. The first-order valence-corrected chi connectivity index (χ1v) is 6.03. The molecule has 0 spiro atoms. The van der Waals surface area contributed by atoms with Gasteiger partial charge in [0.2, 0.25) is 0 Å². The summed E-state index contributed by atoms with van der Waals surface area (Å²) in [5.41, 5.74) is 0.950. The molecule has 2 heterocycles. The van der Waals surface area contributed by atoms with Gasteiger partial charge in [0.05, 0.1) is 10.4 Å². The van der Waals surface area contributed by atoms with Crippen molar-refractivity contribution < 1.29 is 4.79 Å². The lowest BCUT2D eigenvalue weighted by Crippen LogP contribution is -2.26. The van der Waals surface area contributed by atoms with Crippen molar-refractivity contribution in [3.63, 3.8) is 0 Å². The molecule has 1 fully saturated rings. The van der Waals surface area contributed by atoms with Crippen molar-refractivity contribution in [3.05, 3.63) is 11.1 Å². The molecular weight excluding hydrogens is 204 g/mol. The van der Waals surface area contributed by atoms with Gasteiger partial charge in [0.25, 0.3) is 0 Å². The molecule has 1 aromatic heterocycles. The van der Waals surface area contributed by atoms with Crippen LogP contribution in [0.1, 0.15) is 18.5 Å². The van der Waals surface area contributed by atoms with Crippen LogP contribution in [-0.4, -0.2) is 26.4 Å². The monoisotopic (exact) mass is 214 g/mol. The third-order valence-corrected chi connectivity index (χ3v) is 4.30. The Kier molecular flexibility index (Phi) is 2.64. The highest BCUT2D eigenvalue weighted by Crippen LogP contribution is 2.38. The molecular formula is C8H10N2OS2. The van der Waals surface area contributed by atoms with Crippen LogP contribution in [0, 0.1) is 0 Å². The minimum absolute atomic E-state index is 0.199. The van der Waals surface area contributed by atoms with E-state index >= 15 is 0 Å². The Morgan fingerprint density at radius 2 is 2.62 bits per heavy atom. The number of rotatable bonds is 3. The van der Waals surface area contributed by atoms with E-state index in [2.05, 4.69) is 9.59 Å². The van der Waals surface area contributed by atoms with Gasteiger partial charge in [-0.25, -0.2) is 0 Å². The van der Waals surface area contributed by atoms with Crippen molar-refractivity contribution in [2.75, 3.05) is 5.75 Å². The number of nitrogens with zero attached hydrogens (tertiary/aromatic N) is 2. The second-order valence-electron chi connectivity index (χ2n) is 3.21. The maximum absolute atomic E-state index is 11.0. The lowest BCUT2D eigenvalue weighted by atomic mass is 9.99. The van der Waals surface area contributed by atoms with E-state index in [1.165, 1.54) is 11.5 Å². The Morgan fingerprint density at radius 1 is 1.69 bits per heavy atom. The van der Waals surface area contributed by atoms with Crippen molar-refractivity contribution in [2.45, 2.75) is 24.0 Å². The number of hydrogen-bond donors (Lipinski definition) is 0. The van der Waals surface area contributed by atoms with Gasteiger partial charge in [-0.15, -0.1) is 16.9 Å². The number of thioether (sulfide) groups is 1. The molecule has 1 unspecified atom stereocenters. The van der Waals surface area contributed by atoms with Gasteiger partial charge >= 0.3 is 0 Å². The van der Waals surface area contributed by atoms with E-state index in [1.807, 2.05) is 5.38 Å². The van der Waals surface area contributed by atoms with Crippen LogP contribution in [0.4, 0.5) is 0 Å². The molecule has 0 bridgehead atoms. The lowest BCUT2D eigenvalue weighted by molar-refractivity contribution is -0.109. The van der Waals surface area contributed by atoms with Gasteiger partial charge in [-0.2, -0.15) is 0 Å². The van der Waals surface area contributed by atoms with Crippen molar-refractivity contribution in [2.24, 2.45) is 0 Å². The summed E-state index contributed by atoms with van der Waals surface area (Å²) in [6.45, 7) is 0. The summed E-state index contributed by atoms with van der Waals surface area (Å²) in [5.74, 6) is 1.09. The van der Waals surface area contributed by atoms with Gasteiger partial charge in [-0.1, -0.05) is 4.49 Å². The van der Waals surface area contributed by atoms with Crippen LogP contribution in [0.2, 0.25) is 0 Å². The zero-order valence-corrected chi connectivity index (χ0v) is 8.74. The van der Waals surface area contributed by atoms with E-state index in [1.54, 1.807) is 11.8 Å². The van der Waals surface area contributed by atoms with Crippen LogP contribution < -0.4 is 0 Å². The summed E-state index contributed by atoms with van der Waals surface area (Å²) in [5, 5.41) is 5.89. The molecule has 0 N–H and O–H groups in total. The molecule has 0 aromatic carbocycles. The molecule has 0 aliphatic carbocycles. The average Bonchev–Trinajstić information content (AvgIpc) is 2.77. The summed E-state index contributed by atoms with van der Waals surface area (Å²) in [6, 6.07) is 0. The van der Waals surface area contributed by atoms with E-state index in [-0.39, 0.29) is 4.75 Å². The first kappa shape index (κ1) is 9.15. The van der Waals surface area contributed by atoms with Crippen LogP contribution in [0.15, 0.2) is 5.38 Å². The largest absolute Gasteiger partial charge is 0.302 e. The van der Waals surface area contributed by atoms with Crippen LogP contribution in [0.5, 0.6) is 0 Å². The van der Waals surface area contributed by atoms with Gasteiger partial charge in [0.1, 0.15) is 6.29 Å². The summed E-state index contributed by atoms with van der Waals surface area (Å²) in [4.78, 5) is 11.0. The van der Waals surface area contributed by atoms with Crippen LogP contribution in [0.3, 0.4) is 0 Å². The van der Waals surface area contributed by atoms with Crippen LogP contribution >= 0.6 is 23.3 Å². The van der Waals surface area contributed by atoms with E-state index in [9.17, 15) is 4.79 Å². The fourth-order valence-electron chi connectivity index (χ4n) is 1.56. The molecule has 1 atom stereocenters. The predicted molar refractivity (Wildman–Crippen MR) is 54.1 cm³/mol. The van der Waals surface area contributed by atoms with Crippen molar-refractivity contribution in [1.82, 2.24) is 9.59 Å². The molecule has 5 heteroatoms. The predicted octanol–water partition coefficient (Wildman–Crippen LogP) is 1.55. The van der Waals surface area contributed by atoms with Crippen LogP contribution in [-0.2, 0) is 11.2 Å². The highest BCUT2D eigenvalue weighted by molar-refractivity contribution is 8.01. The third kappa shape index (κ3) is 1.91. The quantitative estimate of drug-likeness (QED) is 0.716. The van der Waals surface area contributed by atoms with Crippen molar-refractivity contribution in [3.8, 4) is 0 Å². The Hall–Kier alpha value is -0.420. The molecule has 1 aromatic rings. The van der Waals surface area contributed by atoms with E-state index in [4.69, 9.17) is 0 Å². The zero-order chi connectivity index (χ0) is 9.15. The number of hydrogen-bond acceptors (Lipinski definition) is 5. The summed E-state index contributed by atoms with van der Waals surface area (Å²) in [6.07, 6.45) is 3.96. The highest BCUT2D eigenvalue weighted by atomic mass is 32.2. The van der Waals surface area contributed by atoms with Crippen molar-refractivity contribution in [1.29, 1.82) is 0 Å². The third-order valence-electron chi connectivity index (χ3n) is 2.23. The van der Waals surface area contributed by atoms with Crippen LogP contribution in [0.25, 0.3) is 0 Å². The normalized spacial score (nSPS) is 27.7. The molecule has 3 nitrogen and oxygen atoms in total. The minimum atomic E-state index is -0.199. The maximum Gasteiger partial charge on any atom is 0.136 e. The first-order valence-electron chi connectivity index (χ1n) is 4.21. The molecule has 0 amide bonds. The topological polar surface area (TPSA) is 42.9 Å². The fraction of sp³-hybridized carbons (Fsp3) is 0.625. The second kappa shape index (κ2) is 3.75. The Balaban J connectivity index is 2.10. The molecule has 1 aliphatic heterocycles. The number of carbonyl (C=O) groups excluding carboxylic acids is 1. The number of carbonyl (C=O) groups is 1. The molecule has 2 rings (SSSR count). The summed E-state index contributed by atoms with van der Waals surface area (Å²) >= 11 is 3.10. The standard InChI is InChI=1S/C8H10N2OS2/c11-6-8(2-1-3-12-8)4-7-5-13-10-9-7/h5-6H,1-4H2. The molecule has 70 valence electrons. The van der Waals surface area contributed by atoms with E-state index < -0.39 is 0 Å². The second-order valence-corrected chi connectivity index (χ2v) is 5.33. The Bertz CT molecular complexity index is 280. The first-order chi connectivity index (χ1) is 6.35. The summed E-state index contributed by atoms with van der Waals surface area (Å²) < 4.78 is 3.60. The molecule has 0 saturated carbocycles. The fourth-order valence-corrected chi connectivity index (χ4v) is 3.31. The maximum atomic E-state index is 11.0. The average molecular weight is 214 g/mol. The Morgan fingerprint density at radius 3 is 3.15 bits per heavy atom. The van der Waals surface area contributed by atoms with Crippen molar-refractivity contribution >= 4 is 29.6 Å². The molecule has 1 aliphatic rings. The van der Waals surface area contributed by atoms with E-state index in [0.717, 1.165) is 37.0 Å². The highest BCUT2D eigenvalue weighted by Gasteiger charge is 2.35. The van der Waals surface area contributed by atoms with Gasteiger partial charge in [-0.3, -0.25) is 0 Å². The summed E-state index contributed by atoms with van der Waals surface area (Å²) in [7, 11) is 0. The molecule has 1 saturated heterocycles. The van der Waals surface area contributed by atoms with Gasteiger partial charge in [0, 0.05) is 11.8 Å². The molecule has 0 radical (unpaired) electrons. The minimum Gasteiger partial charge on any atom is -0.302 e. The number of aromatic nitrogens is 2. The van der Waals surface area contributed by atoms with Gasteiger partial charge in [0.15, 0.2) is 0 Å².